The Morgan fingerprint density at radius 3 is 2.82 bits per heavy atom. The lowest BCUT2D eigenvalue weighted by Gasteiger charge is -2.26. The average Bonchev–Trinajstić information content (AvgIpc) is 2.29. The van der Waals surface area contributed by atoms with E-state index in [0.717, 1.165) is 5.92 Å². The van der Waals surface area contributed by atoms with Crippen molar-refractivity contribution in [2.75, 3.05) is 13.1 Å². The van der Waals surface area contributed by atoms with E-state index < -0.39 is 0 Å². The maximum Gasteiger partial charge on any atom is -0.000505 e. The molecule has 0 atom stereocenters. The molecule has 1 nitrogen and oxygen atoms in total. The summed E-state index contributed by atoms with van der Waals surface area (Å²) in [7, 11) is 0. The van der Waals surface area contributed by atoms with Crippen LogP contribution in [-0.4, -0.2) is 13.1 Å². The average molecular weight is 190 g/mol. The molecule has 1 N–H and O–H groups in total. The first-order valence-corrected chi connectivity index (χ1v) is 4.61. The minimum Gasteiger partial charge on any atom is -0.316 e. The maximum absolute atomic E-state index is 3.28. The Morgan fingerprint density at radius 2 is 2.36 bits per heavy atom. The Kier molecular flexibility index (Phi) is 3.37. The van der Waals surface area contributed by atoms with Gasteiger partial charge in [0, 0.05) is 0 Å². The van der Waals surface area contributed by atoms with E-state index in [2.05, 4.69) is 22.1 Å². The van der Waals surface area contributed by atoms with E-state index in [4.69, 9.17) is 0 Å². The molecule has 0 radical (unpaired) electrons. The molecule has 1 aliphatic heterocycles. The summed E-state index contributed by atoms with van der Waals surface area (Å²) in [5, 5.41) is 7.68. The molecule has 2 rings (SSSR count). The first kappa shape index (κ1) is 9.04. The molecular weight excluding hydrogens is 178 g/mol. The zero-order chi connectivity index (χ0) is 6.81. The molecule has 0 unspecified atom stereocenters. The zero-order valence-corrected chi connectivity index (χ0v) is 7.88. The SMILES string of the molecule is Cl.c1cc(CC2CNC2)cs1. The molecule has 0 saturated carbocycles. The quantitative estimate of drug-likeness (QED) is 0.750. The molecule has 1 fully saturated rings. The van der Waals surface area contributed by atoms with Crippen LogP contribution in [0.25, 0.3) is 0 Å². The van der Waals surface area contributed by atoms with Crippen LogP contribution in [0.2, 0.25) is 0 Å². The van der Waals surface area contributed by atoms with Crippen LogP contribution in [0.1, 0.15) is 5.56 Å². The fraction of sp³-hybridized carbons (Fsp3) is 0.500. The van der Waals surface area contributed by atoms with Gasteiger partial charge < -0.3 is 5.32 Å². The third-order valence-electron chi connectivity index (χ3n) is 1.97. The molecule has 1 saturated heterocycles. The number of hydrogen-bond donors (Lipinski definition) is 1. The van der Waals surface area contributed by atoms with E-state index in [1.165, 1.54) is 25.1 Å². The molecule has 1 aromatic heterocycles. The molecule has 0 spiro atoms. The van der Waals surface area contributed by atoms with Crippen molar-refractivity contribution in [3.63, 3.8) is 0 Å². The summed E-state index contributed by atoms with van der Waals surface area (Å²) < 4.78 is 0. The molecule has 0 bridgehead atoms. The monoisotopic (exact) mass is 189 g/mol. The van der Waals surface area contributed by atoms with E-state index in [0.29, 0.717) is 0 Å². The number of nitrogens with one attached hydrogen (secondary N) is 1. The summed E-state index contributed by atoms with van der Waals surface area (Å²) in [5.41, 5.74) is 1.51. The second kappa shape index (κ2) is 4.10. The van der Waals surface area contributed by atoms with Gasteiger partial charge in [0.1, 0.15) is 0 Å². The van der Waals surface area contributed by atoms with Gasteiger partial charge in [-0.05, 0) is 47.8 Å². The number of halogens is 1. The minimum absolute atomic E-state index is 0. The molecule has 62 valence electrons. The van der Waals surface area contributed by atoms with Gasteiger partial charge >= 0.3 is 0 Å². The first-order valence-electron chi connectivity index (χ1n) is 3.67. The number of rotatable bonds is 2. The highest BCUT2D eigenvalue weighted by Crippen LogP contribution is 2.14. The van der Waals surface area contributed by atoms with E-state index in [9.17, 15) is 0 Å². The van der Waals surface area contributed by atoms with Crippen molar-refractivity contribution in [3.05, 3.63) is 22.4 Å². The molecule has 11 heavy (non-hydrogen) atoms. The molecule has 0 aliphatic carbocycles. The molecule has 0 amide bonds. The van der Waals surface area contributed by atoms with Gasteiger partial charge in [0.15, 0.2) is 0 Å². The van der Waals surface area contributed by atoms with Gasteiger partial charge in [-0.25, -0.2) is 0 Å². The highest BCUT2D eigenvalue weighted by Gasteiger charge is 2.16. The van der Waals surface area contributed by atoms with Crippen LogP contribution < -0.4 is 5.32 Å². The zero-order valence-electron chi connectivity index (χ0n) is 6.25. The van der Waals surface area contributed by atoms with Crippen molar-refractivity contribution in [1.82, 2.24) is 5.32 Å². The molecule has 3 heteroatoms. The lowest BCUT2D eigenvalue weighted by Crippen LogP contribution is -2.42. The molecule has 1 aliphatic rings. The molecule has 2 heterocycles. The fourth-order valence-corrected chi connectivity index (χ4v) is 1.92. The van der Waals surface area contributed by atoms with Crippen LogP contribution in [0.5, 0.6) is 0 Å². The standard InChI is InChI=1S/C8H11NS.ClH/c1-2-10-6-7(1)3-8-4-9-5-8;/h1-2,6,8-9H,3-5H2;1H. The summed E-state index contributed by atoms with van der Waals surface area (Å²) in [5.74, 6) is 0.912. The fourth-order valence-electron chi connectivity index (χ4n) is 1.23. The lowest BCUT2D eigenvalue weighted by molar-refractivity contribution is 0.347. The van der Waals surface area contributed by atoms with E-state index in [1.54, 1.807) is 11.3 Å². The van der Waals surface area contributed by atoms with Crippen molar-refractivity contribution in [1.29, 1.82) is 0 Å². The van der Waals surface area contributed by atoms with Crippen molar-refractivity contribution >= 4 is 23.7 Å². The van der Waals surface area contributed by atoms with E-state index in [1.807, 2.05) is 0 Å². The third kappa shape index (κ3) is 2.19. The lowest BCUT2D eigenvalue weighted by atomic mass is 9.96. The third-order valence-corrected chi connectivity index (χ3v) is 2.70. The second-order valence-electron chi connectivity index (χ2n) is 2.86. The van der Waals surface area contributed by atoms with Gasteiger partial charge in [-0.3, -0.25) is 0 Å². The number of hydrogen-bond acceptors (Lipinski definition) is 2. The summed E-state index contributed by atoms with van der Waals surface area (Å²) in [6, 6.07) is 2.23. The van der Waals surface area contributed by atoms with Gasteiger partial charge in [0.2, 0.25) is 0 Å². The van der Waals surface area contributed by atoms with Crippen molar-refractivity contribution in [2.24, 2.45) is 5.92 Å². The molecular formula is C8H12ClNS. The van der Waals surface area contributed by atoms with Crippen LogP contribution in [-0.2, 0) is 6.42 Å². The van der Waals surface area contributed by atoms with Crippen molar-refractivity contribution < 1.29 is 0 Å². The predicted molar refractivity (Wildman–Crippen MR) is 51.6 cm³/mol. The highest BCUT2D eigenvalue weighted by atomic mass is 35.5. The van der Waals surface area contributed by atoms with Crippen LogP contribution in [0.4, 0.5) is 0 Å². The second-order valence-corrected chi connectivity index (χ2v) is 3.64. The van der Waals surface area contributed by atoms with Crippen LogP contribution in [0.15, 0.2) is 16.8 Å². The van der Waals surface area contributed by atoms with Gasteiger partial charge in [0.05, 0.1) is 0 Å². The molecule has 0 aromatic carbocycles. The van der Waals surface area contributed by atoms with Gasteiger partial charge in [0.25, 0.3) is 0 Å². The van der Waals surface area contributed by atoms with Crippen LogP contribution in [0.3, 0.4) is 0 Å². The van der Waals surface area contributed by atoms with Crippen molar-refractivity contribution in [3.8, 4) is 0 Å². The van der Waals surface area contributed by atoms with Crippen LogP contribution >= 0.6 is 23.7 Å². The smallest absolute Gasteiger partial charge is 0.000505 e. The first-order chi connectivity index (χ1) is 4.95. The summed E-state index contributed by atoms with van der Waals surface area (Å²) in [4.78, 5) is 0. The van der Waals surface area contributed by atoms with Crippen molar-refractivity contribution in [2.45, 2.75) is 6.42 Å². The van der Waals surface area contributed by atoms with E-state index in [-0.39, 0.29) is 12.4 Å². The highest BCUT2D eigenvalue weighted by molar-refractivity contribution is 7.07. The van der Waals surface area contributed by atoms with Crippen LogP contribution in [0, 0.1) is 5.92 Å². The molecule has 1 aromatic rings. The Bertz CT molecular complexity index is 194. The summed E-state index contributed by atoms with van der Waals surface area (Å²) >= 11 is 1.80. The van der Waals surface area contributed by atoms with Gasteiger partial charge in [-0.15, -0.1) is 12.4 Å². The minimum atomic E-state index is 0. The number of thiophene rings is 1. The predicted octanol–water partition coefficient (Wildman–Crippen LogP) is 1.93. The maximum atomic E-state index is 3.28. The Balaban J connectivity index is 0.000000605. The van der Waals surface area contributed by atoms with Gasteiger partial charge in [-0.1, -0.05) is 0 Å². The Morgan fingerprint density at radius 1 is 1.55 bits per heavy atom. The summed E-state index contributed by atoms with van der Waals surface area (Å²) in [6.45, 7) is 2.44. The normalized spacial score (nSPS) is 17.1. The largest absolute Gasteiger partial charge is 0.316 e. The topological polar surface area (TPSA) is 12.0 Å². The summed E-state index contributed by atoms with van der Waals surface area (Å²) in [6.07, 6.45) is 1.27. The van der Waals surface area contributed by atoms with E-state index >= 15 is 0 Å². The Labute approximate surface area is 77.2 Å². The van der Waals surface area contributed by atoms with Gasteiger partial charge in [-0.2, -0.15) is 11.3 Å². The Hall–Kier alpha value is -0.0500.